The molecule has 33 heavy (non-hydrogen) atoms. The number of carbonyl (C=O) groups excluding carboxylic acids is 3. The van der Waals surface area contributed by atoms with Gasteiger partial charge in [0.1, 0.15) is 11.2 Å². The minimum atomic E-state index is -1.28. The van der Waals surface area contributed by atoms with E-state index in [1.807, 2.05) is 13.0 Å². The zero-order valence-corrected chi connectivity index (χ0v) is 20.1. The summed E-state index contributed by atoms with van der Waals surface area (Å²) in [6, 6.07) is 6.72. The molecule has 0 saturated heterocycles. The van der Waals surface area contributed by atoms with Gasteiger partial charge in [-0.3, -0.25) is 19.2 Å². The summed E-state index contributed by atoms with van der Waals surface area (Å²) in [5.74, 6) is -0.670. The van der Waals surface area contributed by atoms with Gasteiger partial charge in [-0.05, 0) is 63.1 Å². The number of fused-ring (bicyclic) bond motifs is 1. The van der Waals surface area contributed by atoms with Crippen LogP contribution >= 0.6 is 11.6 Å². The molecule has 1 saturated carbocycles. The van der Waals surface area contributed by atoms with E-state index in [2.05, 4.69) is 17.3 Å². The molecule has 176 valence electrons. The summed E-state index contributed by atoms with van der Waals surface area (Å²) in [6.45, 7) is 5.91. The van der Waals surface area contributed by atoms with Gasteiger partial charge >= 0.3 is 5.97 Å². The molecule has 1 aliphatic carbocycles. The van der Waals surface area contributed by atoms with Crippen molar-refractivity contribution in [3.05, 3.63) is 46.2 Å². The normalized spacial score (nSPS) is 24.9. The molecule has 0 spiro atoms. The number of halogens is 1. The number of nitrogens with one attached hydrogen (secondary N) is 1. The molecule has 1 atom stereocenters. The molecular weight excluding hydrogens is 444 g/mol. The average molecular weight is 473 g/mol. The fourth-order valence-corrected chi connectivity index (χ4v) is 4.90. The number of aromatic nitrogens is 2. The quantitative estimate of drug-likeness (QED) is 0.684. The van der Waals surface area contributed by atoms with Gasteiger partial charge in [0.25, 0.3) is 5.91 Å². The second-order valence-electron chi connectivity index (χ2n) is 9.34. The monoisotopic (exact) mass is 472 g/mol. The van der Waals surface area contributed by atoms with Crippen LogP contribution in [0.25, 0.3) is 0 Å². The largest absolute Gasteiger partial charge is 0.464 e. The highest BCUT2D eigenvalue weighted by Crippen LogP contribution is 2.36. The van der Waals surface area contributed by atoms with Crippen molar-refractivity contribution in [3.8, 4) is 0 Å². The molecule has 2 amide bonds. The Bertz CT molecular complexity index is 1110. The van der Waals surface area contributed by atoms with E-state index < -0.39 is 17.4 Å². The second-order valence-corrected chi connectivity index (χ2v) is 9.78. The number of carbonyl (C=O) groups is 3. The van der Waals surface area contributed by atoms with E-state index in [1.54, 1.807) is 19.1 Å². The number of ether oxygens (including phenoxy) is 1. The number of anilines is 1. The molecule has 1 aromatic carbocycles. The van der Waals surface area contributed by atoms with Gasteiger partial charge in [-0.2, -0.15) is 5.10 Å². The van der Waals surface area contributed by atoms with Crippen molar-refractivity contribution in [3.63, 3.8) is 0 Å². The van der Waals surface area contributed by atoms with Gasteiger partial charge in [-0.25, -0.2) is 4.79 Å². The van der Waals surface area contributed by atoms with Gasteiger partial charge in [0, 0.05) is 22.8 Å². The number of esters is 1. The van der Waals surface area contributed by atoms with Crippen LogP contribution in [0.2, 0.25) is 5.02 Å². The molecule has 9 heteroatoms. The highest BCUT2D eigenvalue weighted by atomic mass is 35.5. The number of aryl methyl sites for hydroxylation is 1. The molecule has 1 N–H and O–H groups in total. The van der Waals surface area contributed by atoms with Crippen molar-refractivity contribution in [1.29, 1.82) is 0 Å². The van der Waals surface area contributed by atoms with Crippen LogP contribution in [0.15, 0.2) is 24.3 Å². The van der Waals surface area contributed by atoms with Crippen molar-refractivity contribution < 1.29 is 19.1 Å². The third kappa shape index (κ3) is 4.24. The maximum atomic E-state index is 13.8. The van der Waals surface area contributed by atoms with Gasteiger partial charge in [0.15, 0.2) is 5.69 Å². The van der Waals surface area contributed by atoms with E-state index in [-0.39, 0.29) is 29.9 Å². The first-order chi connectivity index (χ1) is 15.6. The van der Waals surface area contributed by atoms with Gasteiger partial charge < -0.3 is 10.1 Å². The van der Waals surface area contributed by atoms with E-state index >= 15 is 0 Å². The minimum absolute atomic E-state index is 0.0227. The molecule has 1 fully saturated rings. The lowest BCUT2D eigenvalue weighted by molar-refractivity contribution is -0.127. The van der Waals surface area contributed by atoms with Crippen LogP contribution in [0.4, 0.5) is 5.69 Å². The Balaban J connectivity index is 1.77. The molecule has 2 heterocycles. The number of methoxy groups -OCH3 is 1. The Morgan fingerprint density at radius 1 is 1.21 bits per heavy atom. The molecule has 1 unspecified atom stereocenters. The van der Waals surface area contributed by atoms with E-state index in [4.69, 9.17) is 16.3 Å². The highest BCUT2D eigenvalue weighted by molar-refractivity contribution is 6.31. The van der Waals surface area contributed by atoms with Crippen LogP contribution in [-0.4, -0.2) is 46.3 Å². The third-order valence-corrected chi connectivity index (χ3v) is 7.04. The van der Waals surface area contributed by atoms with Crippen LogP contribution in [-0.2, 0) is 16.1 Å². The van der Waals surface area contributed by atoms with E-state index in [0.29, 0.717) is 16.6 Å². The van der Waals surface area contributed by atoms with Crippen molar-refractivity contribution in [2.45, 2.75) is 64.6 Å². The topological polar surface area (TPSA) is 93.5 Å². The van der Waals surface area contributed by atoms with Gasteiger partial charge in [0.2, 0.25) is 5.91 Å². The molecule has 2 aromatic rings. The molecule has 1 aromatic heterocycles. The van der Waals surface area contributed by atoms with Crippen LogP contribution < -0.4 is 10.2 Å². The molecular formula is C24H29ClN4O4. The Morgan fingerprint density at radius 3 is 2.58 bits per heavy atom. The summed E-state index contributed by atoms with van der Waals surface area (Å²) in [5, 5.41) is 7.90. The number of rotatable bonds is 4. The summed E-state index contributed by atoms with van der Waals surface area (Å²) in [6.07, 6.45) is 3.94. The molecule has 0 bridgehead atoms. The third-order valence-electron chi connectivity index (χ3n) is 6.80. The Kier molecular flexibility index (Phi) is 6.22. The number of nitrogens with zero attached hydrogens (tertiary/aromatic N) is 3. The molecule has 4 rings (SSSR count). The van der Waals surface area contributed by atoms with Gasteiger partial charge in [-0.1, -0.05) is 24.6 Å². The number of amides is 2. The van der Waals surface area contributed by atoms with Crippen molar-refractivity contribution in [2.75, 3.05) is 12.0 Å². The predicted octanol–water partition coefficient (Wildman–Crippen LogP) is 3.75. The molecule has 1 aliphatic heterocycles. The second kappa shape index (κ2) is 8.82. The lowest BCUT2D eigenvalue weighted by Crippen LogP contribution is -2.65. The number of hydrogen-bond acceptors (Lipinski definition) is 5. The van der Waals surface area contributed by atoms with E-state index in [0.717, 1.165) is 31.2 Å². The van der Waals surface area contributed by atoms with Crippen molar-refractivity contribution >= 4 is 35.1 Å². The lowest BCUT2D eigenvalue weighted by atomic mass is 9.86. The fraction of sp³-hybridized carbons (Fsp3) is 0.500. The zero-order chi connectivity index (χ0) is 23.9. The van der Waals surface area contributed by atoms with Gasteiger partial charge in [-0.15, -0.1) is 0 Å². The maximum Gasteiger partial charge on any atom is 0.358 e. The minimum Gasteiger partial charge on any atom is -0.464 e. The summed E-state index contributed by atoms with van der Waals surface area (Å²) in [7, 11) is 1.26. The smallest absolute Gasteiger partial charge is 0.358 e. The van der Waals surface area contributed by atoms with Crippen LogP contribution in [0.5, 0.6) is 0 Å². The van der Waals surface area contributed by atoms with Crippen molar-refractivity contribution in [1.82, 2.24) is 15.1 Å². The first-order valence-electron chi connectivity index (χ1n) is 11.2. The first-order valence-corrected chi connectivity index (χ1v) is 11.6. The van der Waals surface area contributed by atoms with E-state index in [1.165, 1.54) is 22.8 Å². The van der Waals surface area contributed by atoms with Crippen LogP contribution in [0, 0.1) is 12.8 Å². The maximum absolute atomic E-state index is 13.8. The SMILES string of the molecule is COC(=O)c1cc2n(n1)CC(C)(C(=O)NC1CCC(C)CC1)N(c1cc(Cl)ccc1C)C2=O. The molecule has 2 aliphatic rings. The zero-order valence-electron chi connectivity index (χ0n) is 19.4. The summed E-state index contributed by atoms with van der Waals surface area (Å²) >= 11 is 6.27. The molecule has 8 nitrogen and oxygen atoms in total. The standard InChI is InChI=1S/C24H29ClN4O4/c1-14-5-9-17(10-6-14)26-23(32)24(3)13-28-20(12-18(27-28)22(31)33-4)21(30)29(24)19-11-16(25)8-7-15(19)2/h7-8,11-12,14,17H,5-6,9-10,13H2,1-4H3,(H,26,32). The van der Waals surface area contributed by atoms with Crippen LogP contribution in [0.3, 0.4) is 0 Å². The Hall–Kier alpha value is -2.87. The Labute approximate surface area is 198 Å². The average Bonchev–Trinajstić information content (AvgIpc) is 3.21. The summed E-state index contributed by atoms with van der Waals surface area (Å²) < 4.78 is 6.19. The van der Waals surface area contributed by atoms with Crippen molar-refractivity contribution in [2.24, 2.45) is 5.92 Å². The van der Waals surface area contributed by atoms with E-state index in [9.17, 15) is 14.4 Å². The Morgan fingerprint density at radius 2 is 1.91 bits per heavy atom. The summed E-state index contributed by atoms with van der Waals surface area (Å²) in [5.41, 5.74) is 0.317. The number of hydrogen-bond donors (Lipinski definition) is 1. The highest BCUT2D eigenvalue weighted by Gasteiger charge is 2.50. The van der Waals surface area contributed by atoms with Gasteiger partial charge in [0.05, 0.1) is 13.7 Å². The molecule has 0 radical (unpaired) electrons. The van der Waals surface area contributed by atoms with Crippen LogP contribution in [0.1, 0.15) is 66.1 Å². The lowest BCUT2D eigenvalue weighted by Gasteiger charge is -2.44. The number of benzene rings is 1. The first kappa shape index (κ1) is 23.3. The fourth-order valence-electron chi connectivity index (χ4n) is 4.73. The summed E-state index contributed by atoms with van der Waals surface area (Å²) in [4.78, 5) is 41.0. The predicted molar refractivity (Wildman–Crippen MR) is 125 cm³/mol.